The molecule has 1 atom stereocenters. The first-order chi connectivity index (χ1) is 13.1. The van der Waals surface area contributed by atoms with Crippen LogP contribution in [0, 0.1) is 11.3 Å². The third-order valence-corrected chi connectivity index (χ3v) is 6.12. The molecule has 1 unspecified atom stereocenters. The summed E-state index contributed by atoms with van der Waals surface area (Å²) >= 11 is 0. The van der Waals surface area contributed by atoms with Crippen molar-refractivity contribution in [2.45, 2.75) is 31.7 Å². The van der Waals surface area contributed by atoms with Gasteiger partial charge in [0.25, 0.3) is 0 Å². The standard InChI is InChI=1S/C20H22FN3O3S/c1-15(2)28(26,27)23-13-20(3,21)17-7-9-18(10-8-17)24(14-25)19-6-4-5-16(11-19)12-22/h4-11,14-15,23H,13H2,1-3H3. The van der Waals surface area contributed by atoms with E-state index in [4.69, 9.17) is 5.26 Å². The van der Waals surface area contributed by atoms with E-state index in [0.29, 0.717) is 23.3 Å². The van der Waals surface area contributed by atoms with Crippen molar-refractivity contribution >= 4 is 27.8 Å². The summed E-state index contributed by atoms with van der Waals surface area (Å²) in [5.74, 6) is 0. The zero-order chi connectivity index (χ0) is 20.9. The first-order valence-electron chi connectivity index (χ1n) is 8.63. The van der Waals surface area contributed by atoms with Gasteiger partial charge >= 0.3 is 0 Å². The van der Waals surface area contributed by atoms with Crippen LogP contribution < -0.4 is 9.62 Å². The van der Waals surface area contributed by atoms with Crippen LogP contribution in [-0.2, 0) is 20.5 Å². The molecule has 2 aromatic rings. The molecule has 0 heterocycles. The fourth-order valence-corrected chi connectivity index (χ4v) is 3.28. The maximum absolute atomic E-state index is 15.0. The Morgan fingerprint density at radius 1 is 1.21 bits per heavy atom. The van der Waals surface area contributed by atoms with Crippen molar-refractivity contribution in [1.82, 2.24) is 4.72 Å². The van der Waals surface area contributed by atoms with Gasteiger partial charge in [-0.1, -0.05) is 18.2 Å². The number of benzene rings is 2. The number of carbonyl (C=O) groups excluding carboxylic acids is 1. The topological polar surface area (TPSA) is 90.3 Å². The van der Waals surface area contributed by atoms with Crippen LogP contribution in [0.1, 0.15) is 31.9 Å². The molecule has 8 heteroatoms. The number of alkyl halides is 1. The molecule has 148 valence electrons. The van der Waals surface area contributed by atoms with E-state index in [0.717, 1.165) is 0 Å². The highest BCUT2D eigenvalue weighted by atomic mass is 32.2. The normalized spacial score (nSPS) is 13.6. The van der Waals surface area contributed by atoms with Crippen molar-refractivity contribution < 1.29 is 17.6 Å². The van der Waals surface area contributed by atoms with Crippen LogP contribution in [0.5, 0.6) is 0 Å². The molecule has 0 spiro atoms. The lowest BCUT2D eigenvalue weighted by Gasteiger charge is -2.24. The number of hydrogen-bond donors (Lipinski definition) is 1. The van der Waals surface area contributed by atoms with Crippen molar-refractivity contribution in [2.75, 3.05) is 11.4 Å². The molecule has 28 heavy (non-hydrogen) atoms. The quantitative estimate of drug-likeness (QED) is 0.684. The van der Waals surface area contributed by atoms with E-state index in [2.05, 4.69) is 4.72 Å². The third kappa shape index (κ3) is 4.94. The highest BCUT2D eigenvalue weighted by Crippen LogP contribution is 2.30. The monoisotopic (exact) mass is 403 g/mol. The summed E-state index contributed by atoms with van der Waals surface area (Å²) in [6.45, 7) is 3.93. The van der Waals surface area contributed by atoms with E-state index >= 15 is 4.39 Å². The molecule has 1 amide bonds. The zero-order valence-electron chi connectivity index (χ0n) is 15.9. The van der Waals surface area contributed by atoms with Gasteiger partial charge in [-0.15, -0.1) is 0 Å². The van der Waals surface area contributed by atoms with Gasteiger partial charge in [0.15, 0.2) is 0 Å². The number of sulfonamides is 1. The average molecular weight is 403 g/mol. The van der Waals surface area contributed by atoms with Crippen LogP contribution in [-0.4, -0.2) is 26.6 Å². The molecule has 2 rings (SSSR count). The van der Waals surface area contributed by atoms with Crippen molar-refractivity contribution in [1.29, 1.82) is 5.26 Å². The number of halogens is 1. The van der Waals surface area contributed by atoms with Gasteiger partial charge in [-0.25, -0.2) is 17.5 Å². The summed E-state index contributed by atoms with van der Waals surface area (Å²) < 4.78 is 41.0. The summed E-state index contributed by atoms with van der Waals surface area (Å²) in [6.07, 6.45) is 0.608. The minimum absolute atomic E-state index is 0.277. The Morgan fingerprint density at radius 2 is 1.86 bits per heavy atom. The number of nitriles is 1. The van der Waals surface area contributed by atoms with Gasteiger partial charge in [0.2, 0.25) is 16.4 Å². The molecule has 1 N–H and O–H groups in total. The molecule has 0 aliphatic carbocycles. The summed E-state index contributed by atoms with van der Waals surface area (Å²) in [6, 6.07) is 14.7. The molecule has 0 aliphatic rings. The highest BCUT2D eigenvalue weighted by molar-refractivity contribution is 7.90. The molecule has 0 radical (unpaired) electrons. The van der Waals surface area contributed by atoms with Crippen LogP contribution in [0.25, 0.3) is 0 Å². The molecule has 0 aliphatic heterocycles. The number of amides is 1. The second kappa shape index (κ2) is 8.50. The Balaban J connectivity index is 2.23. The first-order valence-corrected chi connectivity index (χ1v) is 10.2. The number of anilines is 2. The summed E-state index contributed by atoms with van der Waals surface area (Å²) in [7, 11) is -3.58. The van der Waals surface area contributed by atoms with Gasteiger partial charge in [0.1, 0.15) is 5.67 Å². The minimum Gasteiger partial charge on any atom is -0.284 e. The van der Waals surface area contributed by atoms with Crippen LogP contribution in [0.3, 0.4) is 0 Å². The van der Waals surface area contributed by atoms with E-state index in [1.807, 2.05) is 6.07 Å². The molecule has 0 saturated carbocycles. The summed E-state index contributed by atoms with van der Waals surface area (Å²) in [5, 5.41) is 8.35. The molecule has 0 aromatic heterocycles. The Kier molecular flexibility index (Phi) is 6.54. The second-order valence-electron chi connectivity index (χ2n) is 6.80. The Morgan fingerprint density at radius 3 is 2.39 bits per heavy atom. The summed E-state index contributed by atoms with van der Waals surface area (Å²) in [5.41, 5.74) is -0.233. The molecular weight excluding hydrogens is 381 g/mol. The predicted octanol–water partition coefficient (Wildman–Crippen LogP) is 3.37. The minimum atomic E-state index is -3.58. The number of nitrogens with zero attached hydrogens (tertiary/aromatic N) is 2. The molecule has 0 fully saturated rings. The summed E-state index contributed by atoms with van der Waals surface area (Å²) in [4.78, 5) is 12.9. The van der Waals surface area contributed by atoms with Crippen LogP contribution >= 0.6 is 0 Å². The fraction of sp³-hybridized carbons (Fsp3) is 0.300. The van der Waals surface area contributed by atoms with Gasteiger partial charge in [0, 0.05) is 17.9 Å². The van der Waals surface area contributed by atoms with Gasteiger partial charge < -0.3 is 0 Å². The Labute approximate surface area is 164 Å². The maximum Gasteiger partial charge on any atom is 0.218 e. The number of carbonyl (C=O) groups is 1. The van der Waals surface area contributed by atoms with Gasteiger partial charge in [-0.3, -0.25) is 9.69 Å². The predicted molar refractivity (Wildman–Crippen MR) is 106 cm³/mol. The lowest BCUT2D eigenvalue weighted by atomic mass is 9.98. The van der Waals surface area contributed by atoms with E-state index in [1.165, 1.54) is 37.8 Å². The number of hydrogen-bond acceptors (Lipinski definition) is 4. The molecule has 6 nitrogen and oxygen atoms in total. The smallest absolute Gasteiger partial charge is 0.218 e. The van der Waals surface area contributed by atoms with E-state index < -0.39 is 27.5 Å². The number of nitrogens with one attached hydrogen (secondary N) is 1. The van der Waals surface area contributed by atoms with Crippen LogP contribution in [0.15, 0.2) is 48.5 Å². The average Bonchev–Trinajstić information content (AvgIpc) is 2.68. The Hall–Kier alpha value is -2.76. The van der Waals surface area contributed by atoms with Crippen molar-refractivity contribution in [3.8, 4) is 6.07 Å². The van der Waals surface area contributed by atoms with E-state index in [9.17, 15) is 13.2 Å². The van der Waals surface area contributed by atoms with Crippen molar-refractivity contribution in [3.05, 3.63) is 59.7 Å². The SMILES string of the molecule is CC(C)S(=O)(=O)NCC(C)(F)c1ccc(N(C=O)c2cccc(C#N)c2)cc1. The molecular formula is C20H22FN3O3S. The van der Waals surface area contributed by atoms with Gasteiger partial charge in [-0.05, 0) is 56.7 Å². The van der Waals surface area contributed by atoms with Crippen LogP contribution in [0.4, 0.5) is 15.8 Å². The highest BCUT2D eigenvalue weighted by Gasteiger charge is 2.29. The number of rotatable bonds is 8. The lowest BCUT2D eigenvalue weighted by molar-refractivity contribution is -0.106. The van der Waals surface area contributed by atoms with E-state index in [-0.39, 0.29) is 5.56 Å². The largest absolute Gasteiger partial charge is 0.284 e. The fourth-order valence-electron chi connectivity index (χ4n) is 2.47. The van der Waals surface area contributed by atoms with E-state index in [1.54, 1.807) is 36.4 Å². The maximum atomic E-state index is 15.0. The first kappa shape index (κ1) is 21.5. The third-order valence-electron chi connectivity index (χ3n) is 4.33. The van der Waals surface area contributed by atoms with Gasteiger partial charge in [-0.2, -0.15) is 5.26 Å². The Bertz CT molecular complexity index is 981. The van der Waals surface area contributed by atoms with Crippen LogP contribution in [0.2, 0.25) is 0 Å². The van der Waals surface area contributed by atoms with Crippen molar-refractivity contribution in [3.63, 3.8) is 0 Å². The second-order valence-corrected chi connectivity index (χ2v) is 9.12. The molecule has 0 bridgehead atoms. The van der Waals surface area contributed by atoms with Gasteiger partial charge in [0.05, 0.1) is 16.9 Å². The lowest BCUT2D eigenvalue weighted by Crippen LogP contribution is -2.39. The van der Waals surface area contributed by atoms with Crippen molar-refractivity contribution in [2.24, 2.45) is 0 Å². The molecule has 2 aromatic carbocycles. The zero-order valence-corrected chi connectivity index (χ0v) is 16.7. The molecule has 0 saturated heterocycles.